The van der Waals surface area contributed by atoms with Crippen molar-refractivity contribution in [1.82, 2.24) is 9.78 Å². The number of Topliss-reactive ketones (excluding diaryl/α,β-unsaturated/α-hetero) is 1. The maximum atomic E-state index is 12.8. The van der Waals surface area contributed by atoms with Gasteiger partial charge in [0.2, 0.25) is 0 Å². The normalized spacial score (nSPS) is 10.9. The van der Waals surface area contributed by atoms with Gasteiger partial charge in [-0.2, -0.15) is 5.10 Å². The van der Waals surface area contributed by atoms with Gasteiger partial charge in [0, 0.05) is 17.5 Å². The summed E-state index contributed by atoms with van der Waals surface area (Å²) in [6.07, 6.45) is 4.85. The number of hydrogen-bond acceptors (Lipinski definition) is 5. The minimum Gasteiger partial charge on any atom is -0.452 e. The highest BCUT2D eigenvalue weighted by molar-refractivity contribution is 6.04. The summed E-state index contributed by atoms with van der Waals surface area (Å²) < 4.78 is 6.61. The van der Waals surface area contributed by atoms with Gasteiger partial charge >= 0.3 is 5.97 Å². The SMILES string of the molecule is CCCCCCn1nc(C(=O)OCC(=O)c2ccc(CC)cc2)c2ccccc2c1=O. The van der Waals surface area contributed by atoms with E-state index in [1.54, 1.807) is 36.4 Å². The largest absolute Gasteiger partial charge is 0.452 e. The molecule has 6 nitrogen and oxygen atoms in total. The number of unbranched alkanes of at least 4 members (excludes halogenated alkanes) is 3. The molecule has 3 rings (SSSR count). The molecule has 0 atom stereocenters. The molecular formula is C25H28N2O4. The topological polar surface area (TPSA) is 78.3 Å². The fourth-order valence-corrected chi connectivity index (χ4v) is 3.43. The van der Waals surface area contributed by atoms with Gasteiger partial charge in [0.25, 0.3) is 5.56 Å². The molecule has 0 unspecified atom stereocenters. The third-order valence-corrected chi connectivity index (χ3v) is 5.30. The third-order valence-electron chi connectivity index (χ3n) is 5.30. The summed E-state index contributed by atoms with van der Waals surface area (Å²) in [4.78, 5) is 38.0. The van der Waals surface area contributed by atoms with E-state index in [1.165, 1.54) is 4.68 Å². The van der Waals surface area contributed by atoms with Gasteiger partial charge in [0.05, 0.1) is 5.39 Å². The van der Waals surface area contributed by atoms with Gasteiger partial charge in [0.15, 0.2) is 18.1 Å². The predicted molar refractivity (Wildman–Crippen MR) is 121 cm³/mol. The maximum absolute atomic E-state index is 12.8. The molecule has 0 amide bonds. The van der Waals surface area contributed by atoms with Gasteiger partial charge < -0.3 is 4.74 Å². The number of aryl methyl sites for hydroxylation is 2. The minimum atomic E-state index is -0.711. The maximum Gasteiger partial charge on any atom is 0.359 e. The van der Waals surface area contributed by atoms with E-state index in [-0.39, 0.29) is 23.6 Å². The third kappa shape index (κ3) is 5.45. The molecule has 0 radical (unpaired) electrons. The van der Waals surface area contributed by atoms with E-state index in [0.29, 0.717) is 22.9 Å². The molecule has 0 aliphatic rings. The van der Waals surface area contributed by atoms with Gasteiger partial charge in [-0.05, 0) is 24.5 Å². The average Bonchev–Trinajstić information content (AvgIpc) is 2.81. The number of ether oxygens (including phenoxy) is 1. The van der Waals surface area contributed by atoms with Crippen LogP contribution in [0, 0.1) is 0 Å². The first-order chi connectivity index (χ1) is 15.0. The summed E-state index contributed by atoms with van der Waals surface area (Å²) in [6.45, 7) is 4.22. The van der Waals surface area contributed by atoms with Crippen LogP contribution in [0.3, 0.4) is 0 Å². The summed E-state index contributed by atoms with van der Waals surface area (Å²) in [7, 11) is 0. The molecule has 2 aromatic carbocycles. The summed E-state index contributed by atoms with van der Waals surface area (Å²) in [6, 6.07) is 14.1. The predicted octanol–water partition coefficient (Wildman–Crippen LogP) is 4.58. The van der Waals surface area contributed by atoms with Gasteiger partial charge in [-0.3, -0.25) is 9.59 Å². The van der Waals surface area contributed by atoms with Crippen molar-refractivity contribution in [3.05, 3.63) is 75.7 Å². The first-order valence-corrected chi connectivity index (χ1v) is 10.8. The number of carbonyl (C=O) groups excluding carboxylic acids is 2. The van der Waals surface area contributed by atoms with Crippen LogP contribution in [0.25, 0.3) is 10.8 Å². The average molecular weight is 421 g/mol. The van der Waals surface area contributed by atoms with Crippen LogP contribution in [-0.2, 0) is 17.7 Å². The summed E-state index contributed by atoms with van der Waals surface area (Å²) in [5, 5.41) is 5.14. The van der Waals surface area contributed by atoms with Crippen LogP contribution in [-0.4, -0.2) is 28.1 Å². The Hall–Kier alpha value is -3.28. The van der Waals surface area contributed by atoms with Crippen molar-refractivity contribution in [2.24, 2.45) is 0 Å². The smallest absolute Gasteiger partial charge is 0.359 e. The lowest BCUT2D eigenvalue weighted by atomic mass is 10.1. The zero-order chi connectivity index (χ0) is 22.2. The Balaban J connectivity index is 1.79. The molecule has 31 heavy (non-hydrogen) atoms. The number of aromatic nitrogens is 2. The fraction of sp³-hybridized carbons (Fsp3) is 0.360. The fourth-order valence-electron chi connectivity index (χ4n) is 3.43. The van der Waals surface area contributed by atoms with E-state index < -0.39 is 5.97 Å². The van der Waals surface area contributed by atoms with Crippen LogP contribution >= 0.6 is 0 Å². The van der Waals surface area contributed by atoms with Crippen molar-refractivity contribution in [1.29, 1.82) is 0 Å². The molecule has 1 heterocycles. The quantitative estimate of drug-likeness (QED) is 0.273. The van der Waals surface area contributed by atoms with Crippen molar-refractivity contribution in [2.75, 3.05) is 6.61 Å². The molecule has 0 saturated heterocycles. The van der Waals surface area contributed by atoms with Crippen molar-refractivity contribution in [2.45, 2.75) is 52.5 Å². The van der Waals surface area contributed by atoms with Gasteiger partial charge in [-0.1, -0.05) is 75.6 Å². The first-order valence-electron chi connectivity index (χ1n) is 10.8. The molecule has 0 bridgehead atoms. The minimum absolute atomic E-state index is 0.0554. The van der Waals surface area contributed by atoms with Crippen molar-refractivity contribution >= 4 is 22.5 Å². The van der Waals surface area contributed by atoms with Crippen molar-refractivity contribution in [3.8, 4) is 0 Å². The number of ketones is 1. The summed E-state index contributed by atoms with van der Waals surface area (Å²) in [5.41, 5.74) is 1.45. The molecule has 1 aromatic heterocycles. The monoisotopic (exact) mass is 420 g/mol. The van der Waals surface area contributed by atoms with Crippen LogP contribution < -0.4 is 5.56 Å². The second-order valence-corrected chi connectivity index (χ2v) is 7.53. The van der Waals surface area contributed by atoms with Gasteiger partial charge in [0.1, 0.15) is 0 Å². The Labute approximate surface area is 181 Å². The molecule has 0 fully saturated rings. The number of esters is 1. The Morgan fingerprint density at radius 2 is 1.65 bits per heavy atom. The zero-order valence-electron chi connectivity index (χ0n) is 18.1. The highest BCUT2D eigenvalue weighted by atomic mass is 16.5. The molecular weight excluding hydrogens is 392 g/mol. The highest BCUT2D eigenvalue weighted by Crippen LogP contribution is 2.15. The molecule has 6 heteroatoms. The van der Waals surface area contributed by atoms with E-state index in [2.05, 4.69) is 12.0 Å². The number of benzene rings is 2. The van der Waals surface area contributed by atoms with E-state index in [0.717, 1.165) is 37.7 Å². The summed E-state index contributed by atoms with van der Waals surface area (Å²) >= 11 is 0. The molecule has 0 saturated carbocycles. The number of hydrogen-bond donors (Lipinski definition) is 0. The van der Waals surface area contributed by atoms with E-state index >= 15 is 0 Å². The lowest BCUT2D eigenvalue weighted by Crippen LogP contribution is -2.27. The Morgan fingerprint density at radius 3 is 2.32 bits per heavy atom. The van der Waals surface area contributed by atoms with E-state index in [9.17, 15) is 14.4 Å². The molecule has 0 spiro atoms. The summed E-state index contributed by atoms with van der Waals surface area (Å²) in [5.74, 6) is -0.995. The lowest BCUT2D eigenvalue weighted by molar-refractivity contribution is 0.0468. The van der Waals surface area contributed by atoms with Crippen molar-refractivity contribution in [3.63, 3.8) is 0 Å². The molecule has 0 N–H and O–H groups in total. The highest BCUT2D eigenvalue weighted by Gasteiger charge is 2.19. The number of carbonyl (C=O) groups is 2. The van der Waals surface area contributed by atoms with Crippen LogP contribution in [0.2, 0.25) is 0 Å². The number of nitrogens with zero attached hydrogens (tertiary/aromatic N) is 2. The second-order valence-electron chi connectivity index (χ2n) is 7.53. The van der Waals surface area contributed by atoms with Crippen molar-refractivity contribution < 1.29 is 14.3 Å². The number of rotatable bonds is 10. The molecule has 3 aromatic rings. The lowest BCUT2D eigenvalue weighted by Gasteiger charge is -2.11. The first kappa shape index (κ1) is 22.4. The molecule has 162 valence electrons. The van der Waals surface area contributed by atoms with Crippen LogP contribution in [0.15, 0.2) is 53.3 Å². The van der Waals surface area contributed by atoms with Gasteiger partial charge in [-0.25, -0.2) is 9.48 Å². The number of fused-ring (bicyclic) bond motifs is 1. The zero-order valence-corrected chi connectivity index (χ0v) is 18.1. The van der Waals surface area contributed by atoms with E-state index in [1.807, 2.05) is 19.1 Å². The Bertz CT molecular complexity index is 1120. The molecule has 0 aliphatic carbocycles. The Kier molecular flexibility index (Phi) is 7.70. The van der Waals surface area contributed by atoms with Crippen LogP contribution in [0.4, 0.5) is 0 Å². The second kappa shape index (κ2) is 10.7. The van der Waals surface area contributed by atoms with E-state index in [4.69, 9.17) is 4.74 Å². The molecule has 0 aliphatic heterocycles. The Morgan fingerprint density at radius 1 is 0.935 bits per heavy atom. The van der Waals surface area contributed by atoms with Crippen LogP contribution in [0.1, 0.15) is 65.9 Å². The van der Waals surface area contributed by atoms with Gasteiger partial charge in [-0.15, -0.1) is 0 Å². The van der Waals surface area contributed by atoms with Crippen LogP contribution in [0.5, 0.6) is 0 Å². The standard InChI is InChI=1S/C25H28N2O4/c1-3-5-6-9-16-27-24(29)21-11-8-7-10-20(21)23(26-27)25(30)31-17-22(28)19-14-12-18(4-2)13-15-19/h7-8,10-15H,3-6,9,16-17H2,1-2H3.